The molecule has 1 fully saturated rings. The smallest absolute Gasteiger partial charge is 0.352 e. The number of allylic oxidation sites excluding steroid dienone is 1. The van der Waals surface area contributed by atoms with Gasteiger partial charge in [0.15, 0.2) is 10.8 Å². The van der Waals surface area contributed by atoms with Gasteiger partial charge in [-0.15, -0.1) is 23.1 Å². The molecule has 4 N–H and O–H groups in total. The first kappa shape index (κ1) is 22.3. The first-order valence-corrected chi connectivity index (χ1v) is 10.5. The van der Waals surface area contributed by atoms with Crippen LogP contribution in [0.2, 0.25) is 0 Å². The van der Waals surface area contributed by atoms with E-state index in [-0.39, 0.29) is 22.2 Å². The number of aromatic nitrogens is 1. The Morgan fingerprint density at radius 1 is 1.52 bits per heavy atom. The molecule has 0 saturated carbocycles. The molecule has 3 rings (SSSR count). The van der Waals surface area contributed by atoms with Crippen LogP contribution in [0.5, 0.6) is 0 Å². The number of esters is 1. The van der Waals surface area contributed by atoms with Crippen molar-refractivity contribution >= 4 is 57.7 Å². The van der Waals surface area contributed by atoms with Crippen molar-refractivity contribution in [1.82, 2.24) is 15.2 Å². The van der Waals surface area contributed by atoms with Crippen molar-refractivity contribution in [1.29, 1.82) is 0 Å². The van der Waals surface area contributed by atoms with Gasteiger partial charge < -0.3 is 25.7 Å². The number of oxime groups is 1. The number of nitrogens with zero attached hydrogens (tertiary/aromatic N) is 3. The third kappa shape index (κ3) is 4.39. The number of nitrogens with two attached hydrogens (primary N) is 1. The van der Waals surface area contributed by atoms with Crippen LogP contribution in [-0.2, 0) is 28.8 Å². The minimum Gasteiger partial charge on any atom is -0.477 e. The summed E-state index contributed by atoms with van der Waals surface area (Å²) in [5, 5.41) is 16.7. The number of anilines is 1. The molecule has 12 nitrogen and oxygen atoms in total. The maximum atomic E-state index is 12.8. The lowest BCUT2D eigenvalue weighted by Gasteiger charge is -2.49. The Kier molecular flexibility index (Phi) is 6.60. The molecule has 0 unspecified atom stereocenters. The lowest BCUT2D eigenvalue weighted by atomic mass is 10.0. The van der Waals surface area contributed by atoms with Gasteiger partial charge in [-0.1, -0.05) is 17.8 Å². The largest absolute Gasteiger partial charge is 0.477 e. The van der Waals surface area contributed by atoms with Gasteiger partial charge >= 0.3 is 11.9 Å². The summed E-state index contributed by atoms with van der Waals surface area (Å²) in [4.78, 5) is 58.2. The molecule has 0 aliphatic carbocycles. The molecule has 164 valence electrons. The fraction of sp³-hybridized carbons (Fsp3) is 0.294. The van der Waals surface area contributed by atoms with Crippen LogP contribution in [0.1, 0.15) is 5.69 Å². The average Bonchev–Trinajstić information content (AvgIpc) is 3.18. The van der Waals surface area contributed by atoms with E-state index in [9.17, 15) is 24.3 Å². The molecule has 2 atom stereocenters. The van der Waals surface area contributed by atoms with Crippen LogP contribution in [0, 0.1) is 0 Å². The van der Waals surface area contributed by atoms with Crippen molar-refractivity contribution in [2.45, 2.75) is 11.4 Å². The summed E-state index contributed by atoms with van der Waals surface area (Å²) in [6, 6.07) is -0.986. The van der Waals surface area contributed by atoms with Crippen LogP contribution in [-0.4, -0.2) is 75.3 Å². The number of thioether (sulfide) groups is 1. The Balaban J connectivity index is 1.78. The highest BCUT2D eigenvalue weighted by Crippen LogP contribution is 2.40. The summed E-state index contributed by atoms with van der Waals surface area (Å²) in [7, 11) is 1.16. The monoisotopic (exact) mass is 467 g/mol. The molecular weight excluding hydrogens is 450 g/mol. The van der Waals surface area contributed by atoms with Crippen molar-refractivity contribution in [3.05, 3.63) is 35.0 Å². The lowest BCUT2D eigenvalue weighted by molar-refractivity contribution is -0.150. The van der Waals surface area contributed by atoms with Gasteiger partial charge in [-0.3, -0.25) is 14.5 Å². The number of nitrogens with one attached hydrogen (secondary N) is 1. The number of hydrogen-bond acceptors (Lipinski definition) is 11. The van der Waals surface area contributed by atoms with Gasteiger partial charge in [-0.2, -0.15) is 0 Å². The molecule has 1 saturated heterocycles. The average molecular weight is 467 g/mol. The molecule has 2 aliphatic rings. The molecule has 0 radical (unpaired) electrons. The topological polar surface area (TPSA) is 174 Å². The Labute approximate surface area is 183 Å². The number of thiazole rings is 1. The Hall–Kier alpha value is -3.39. The van der Waals surface area contributed by atoms with Crippen molar-refractivity contribution in [3.8, 4) is 0 Å². The lowest BCUT2D eigenvalue weighted by Crippen LogP contribution is -2.71. The Morgan fingerprint density at radius 2 is 2.26 bits per heavy atom. The number of methoxy groups -OCH3 is 1. The van der Waals surface area contributed by atoms with Gasteiger partial charge in [0.25, 0.3) is 11.8 Å². The van der Waals surface area contributed by atoms with E-state index in [1.165, 1.54) is 23.2 Å². The van der Waals surface area contributed by atoms with Crippen LogP contribution in [0.3, 0.4) is 0 Å². The summed E-state index contributed by atoms with van der Waals surface area (Å²) < 4.78 is 4.43. The number of carboxylic acid groups (broad SMARTS) is 1. The van der Waals surface area contributed by atoms with Crippen LogP contribution < -0.4 is 11.1 Å². The fourth-order valence-electron chi connectivity index (χ4n) is 2.82. The summed E-state index contributed by atoms with van der Waals surface area (Å²) >= 11 is 2.35. The van der Waals surface area contributed by atoms with Gasteiger partial charge in [0, 0.05) is 11.1 Å². The highest BCUT2D eigenvalue weighted by molar-refractivity contribution is 8.00. The number of rotatable bonds is 8. The zero-order valence-electron chi connectivity index (χ0n) is 16.1. The SMILES string of the molecule is C=CC1=C(C(=O)O)N2C(=O)[C@@H](NC(=O)/C(=N/OCC(=O)OC)c3csc(N)n3)[C@H]2SC1. The van der Waals surface area contributed by atoms with E-state index in [4.69, 9.17) is 10.6 Å². The van der Waals surface area contributed by atoms with E-state index < -0.39 is 41.8 Å². The van der Waals surface area contributed by atoms with Gasteiger partial charge in [0.1, 0.15) is 22.8 Å². The molecule has 2 amide bonds. The molecule has 0 aromatic carbocycles. The second-order valence-corrected chi connectivity index (χ2v) is 8.10. The van der Waals surface area contributed by atoms with Crippen molar-refractivity contribution in [2.24, 2.45) is 5.16 Å². The van der Waals surface area contributed by atoms with E-state index in [1.807, 2.05) is 0 Å². The molecule has 1 aromatic heterocycles. The van der Waals surface area contributed by atoms with Crippen LogP contribution in [0.4, 0.5) is 5.13 Å². The quantitative estimate of drug-likeness (QED) is 0.196. The summed E-state index contributed by atoms with van der Waals surface area (Å²) in [6.45, 7) is 3.03. The normalized spacial score (nSPS) is 20.5. The van der Waals surface area contributed by atoms with Gasteiger partial charge in [0.05, 0.1) is 7.11 Å². The summed E-state index contributed by atoms with van der Waals surface area (Å²) in [5.41, 5.74) is 5.66. The first-order valence-electron chi connectivity index (χ1n) is 8.61. The molecule has 14 heteroatoms. The second-order valence-electron chi connectivity index (χ2n) is 6.10. The summed E-state index contributed by atoms with van der Waals surface area (Å²) in [6.07, 6.45) is 1.39. The number of ether oxygens (including phenoxy) is 1. The molecule has 2 aliphatic heterocycles. The highest BCUT2D eigenvalue weighted by atomic mass is 32.2. The van der Waals surface area contributed by atoms with E-state index >= 15 is 0 Å². The van der Waals surface area contributed by atoms with E-state index in [1.54, 1.807) is 0 Å². The standard InChI is InChI=1S/C17H17N5O7S2/c1-3-7-5-30-15-11(14(25)22(15)12(7)16(26)27)20-13(24)10(8-6-31-17(18)19-8)21-29-4-9(23)28-2/h3,6,11,15H,1,4-5H2,2H3,(H2,18,19)(H,20,24)(H,26,27)/b21-10+/t11-,15-/m1/s1. The Bertz CT molecular complexity index is 1020. The molecule has 31 heavy (non-hydrogen) atoms. The number of carbonyl (C=O) groups is 4. The summed E-state index contributed by atoms with van der Waals surface area (Å²) in [5.74, 6) is -3.04. The van der Waals surface area contributed by atoms with Gasteiger partial charge in [-0.05, 0) is 5.57 Å². The van der Waals surface area contributed by atoms with E-state index in [0.717, 1.165) is 23.3 Å². The van der Waals surface area contributed by atoms with Crippen molar-refractivity contribution < 1.29 is 33.9 Å². The molecule has 1 aromatic rings. The predicted molar refractivity (Wildman–Crippen MR) is 111 cm³/mol. The second kappa shape index (κ2) is 9.18. The third-order valence-electron chi connectivity index (χ3n) is 4.28. The number of aliphatic carboxylic acids is 1. The number of carbonyl (C=O) groups excluding carboxylic acids is 3. The molecule has 0 spiro atoms. The Morgan fingerprint density at radius 3 is 2.84 bits per heavy atom. The molecular formula is C17H17N5O7S2. The highest BCUT2D eigenvalue weighted by Gasteiger charge is 2.54. The van der Waals surface area contributed by atoms with Crippen molar-refractivity contribution in [2.75, 3.05) is 25.2 Å². The number of β-lactam (4-membered cyclic amide) rings is 1. The molecule has 3 heterocycles. The maximum Gasteiger partial charge on any atom is 0.352 e. The number of hydrogen-bond donors (Lipinski definition) is 3. The number of amides is 2. The van der Waals surface area contributed by atoms with Crippen molar-refractivity contribution in [3.63, 3.8) is 0 Å². The van der Waals surface area contributed by atoms with Gasteiger partial charge in [-0.25, -0.2) is 14.6 Å². The van der Waals surface area contributed by atoms with Gasteiger partial charge in [0.2, 0.25) is 6.61 Å². The van der Waals surface area contributed by atoms with E-state index in [0.29, 0.717) is 11.3 Å². The third-order valence-corrected chi connectivity index (χ3v) is 6.25. The minimum absolute atomic E-state index is 0.0878. The number of fused-ring (bicyclic) bond motifs is 1. The van der Waals surface area contributed by atoms with E-state index in [2.05, 4.69) is 26.8 Å². The maximum absolute atomic E-state index is 12.8. The van der Waals surface area contributed by atoms with Crippen LogP contribution in [0.25, 0.3) is 0 Å². The molecule has 0 bridgehead atoms. The minimum atomic E-state index is -1.25. The predicted octanol–water partition coefficient (Wildman–Crippen LogP) is -0.456. The number of nitrogen functional groups attached to an aromatic ring is 1. The van der Waals surface area contributed by atoms with Crippen LogP contribution in [0.15, 0.2) is 34.5 Å². The zero-order valence-corrected chi connectivity index (χ0v) is 17.7. The zero-order chi connectivity index (χ0) is 22.7. The first-order chi connectivity index (χ1) is 14.8. The number of carboxylic acids is 1. The fourth-order valence-corrected chi connectivity index (χ4v) is 4.71. The van der Waals surface area contributed by atoms with Crippen LogP contribution >= 0.6 is 23.1 Å².